The fraction of sp³-hybridized carbons (Fsp3) is 0.0588. The van der Waals surface area contributed by atoms with E-state index in [9.17, 15) is 0 Å². The normalized spacial score (nSPS) is 11.1. The van der Waals surface area contributed by atoms with E-state index in [-0.39, 0.29) is 0 Å². The van der Waals surface area contributed by atoms with Gasteiger partial charge in [-0.15, -0.1) is 0 Å². The SMILES string of the molecule is COc1ccc(N(c2ccccc2C)c2ccc3ccccc3c2-c2cccc3ccccc23)cc1. The molecule has 0 aliphatic heterocycles. The number of rotatable bonds is 5. The van der Waals surface area contributed by atoms with Crippen LogP contribution in [0.25, 0.3) is 32.7 Å². The maximum atomic E-state index is 5.46. The molecule has 2 nitrogen and oxygen atoms in total. The lowest BCUT2D eigenvalue weighted by Crippen LogP contribution is -2.12. The van der Waals surface area contributed by atoms with E-state index in [0.29, 0.717) is 0 Å². The van der Waals surface area contributed by atoms with Crippen molar-refractivity contribution in [2.45, 2.75) is 6.92 Å². The van der Waals surface area contributed by atoms with Crippen molar-refractivity contribution < 1.29 is 4.74 Å². The predicted molar refractivity (Wildman–Crippen MR) is 153 cm³/mol. The predicted octanol–water partition coefficient (Wildman–Crippen LogP) is 9.45. The summed E-state index contributed by atoms with van der Waals surface area (Å²) in [6, 6.07) is 45.3. The number of fused-ring (bicyclic) bond motifs is 2. The second-order valence-corrected chi connectivity index (χ2v) is 9.03. The summed E-state index contributed by atoms with van der Waals surface area (Å²) in [7, 11) is 1.70. The van der Waals surface area contributed by atoms with Gasteiger partial charge in [0.2, 0.25) is 0 Å². The lowest BCUT2D eigenvalue weighted by Gasteiger charge is -2.30. The van der Waals surface area contributed by atoms with Crippen molar-refractivity contribution in [3.8, 4) is 16.9 Å². The molecular weight excluding hydrogens is 438 g/mol. The molecule has 0 aromatic heterocycles. The Hall–Kier alpha value is -4.56. The Morgan fingerprint density at radius 2 is 1.17 bits per heavy atom. The Balaban J connectivity index is 1.72. The number of hydrogen-bond donors (Lipinski definition) is 0. The standard InChI is InChI=1S/C34H27NO/c1-24-10-3-8-17-32(24)35(27-19-21-28(36-2)22-20-27)33-23-18-26-12-5-7-15-30(26)34(33)31-16-9-13-25-11-4-6-14-29(25)31/h3-23H,1-2H3. The highest BCUT2D eigenvalue weighted by molar-refractivity contribution is 6.11. The highest BCUT2D eigenvalue weighted by Gasteiger charge is 2.21. The minimum Gasteiger partial charge on any atom is -0.497 e. The zero-order valence-corrected chi connectivity index (χ0v) is 20.5. The lowest BCUT2D eigenvalue weighted by atomic mass is 9.91. The molecule has 0 unspecified atom stereocenters. The Bertz CT molecular complexity index is 1680. The van der Waals surface area contributed by atoms with Gasteiger partial charge in [-0.05, 0) is 76.0 Å². The number of anilines is 3. The van der Waals surface area contributed by atoms with E-state index in [4.69, 9.17) is 4.74 Å². The van der Waals surface area contributed by atoms with Gasteiger partial charge in [0.25, 0.3) is 0 Å². The van der Waals surface area contributed by atoms with Gasteiger partial charge in [0, 0.05) is 16.9 Å². The molecule has 174 valence electrons. The van der Waals surface area contributed by atoms with E-state index in [1.54, 1.807) is 7.11 Å². The van der Waals surface area contributed by atoms with Crippen LogP contribution in [-0.4, -0.2) is 7.11 Å². The molecule has 0 aliphatic rings. The van der Waals surface area contributed by atoms with Crippen LogP contribution in [0.5, 0.6) is 5.75 Å². The summed E-state index contributed by atoms with van der Waals surface area (Å²) in [6.45, 7) is 2.17. The summed E-state index contributed by atoms with van der Waals surface area (Å²) in [6.07, 6.45) is 0. The fourth-order valence-electron chi connectivity index (χ4n) is 5.13. The van der Waals surface area contributed by atoms with Crippen LogP contribution in [0.1, 0.15) is 5.56 Å². The minimum absolute atomic E-state index is 0.844. The Labute approximate surface area is 212 Å². The number of benzene rings is 6. The van der Waals surface area contributed by atoms with Gasteiger partial charge in [-0.2, -0.15) is 0 Å². The monoisotopic (exact) mass is 465 g/mol. The van der Waals surface area contributed by atoms with Crippen molar-refractivity contribution in [3.63, 3.8) is 0 Å². The molecule has 0 aliphatic carbocycles. The summed E-state index contributed by atoms with van der Waals surface area (Å²) in [5.74, 6) is 0.844. The molecule has 0 heterocycles. The third-order valence-corrected chi connectivity index (χ3v) is 6.89. The van der Waals surface area contributed by atoms with Crippen molar-refractivity contribution in [1.82, 2.24) is 0 Å². The zero-order valence-electron chi connectivity index (χ0n) is 20.5. The number of nitrogens with zero attached hydrogens (tertiary/aromatic N) is 1. The van der Waals surface area contributed by atoms with Gasteiger partial charge in [-0.1, -0.05) is 91.0 Å². The average molecular weight is 466 g/mol. The first-order chi connectivity index (χ1) is 17.7. The molecule has 0 N–H and O–H groups in total. The van der Waals surface area contributed by atoms with Crippen LogP contribution in [0.4, 0.5) is 17.1 Å². The number of aryl methyl sites for hydroxylation is 1. The topological polar surface area (TPSA) is 12.5 Å². The molecule has 36 heavy (non-hydrogen) atoms. The van der Waals surface area contributed by atoms with Crippen LogP contribution in [-0.2, 0) is 0 Å². The summed E-state index contributed by atoms with van der Waals surface area (Å²) in [5.41, 5.74) is 7.05. The molecule has 0 atom stereocenters. The molecule has 2 heteroatoms. The van der Waals surface area contributed by atoms with E-state index in [0.717, 1.165) is 22.8 Å². The third-order valence-electron chi connectivity index (χ3n) is 6.89. The fourth-order valence-corrected chi connectivity index (χ4v) is 5.13. The number of methoxy groups -OCH3 is 1. The maximum absolute atomic E-state index is 5.46. The summed E-state index contributed by atoms with van der Waals surface area (Å²) in [5, 5.41) is 4.94. The molecule has 0 spiro atoms. The van der Waals surface area contributed by atoms with Crippen LogP contribution in [0.15, 0.2) is 127 Å². The minimum atomic E-state index is 0.844. The average Bonchev–Trinajstić information content (AvgIpc) is 2.94. The zero-order chi connectivity index (χ0) is 24.5. The number of hydrogen-bond acceptors (Lipinski definition) is 2. The number of para-hydroxylation sites is 1. The second kappa shape index (κ2) is 9.24. The third kappa shape index (κ3) is 3.77. The van der Waals surface area contributed by atoms with E-state index < -0.39 is 0 Å². The first-order valence-corrected chi connectivity index (χ1v) is 12.2. The van der Waals surface area contributed by atoms with Gasteiger partial charge in [0.1, 0.15) is 5.75 Å². The second-order valence-electron chi connectivity index (χ2n) is 9.03. The quantitative estimate of drug-likeness (QED) is 0.251. The first-order valence-electron chi connectivity index (χ1n) is 12.2. The van der Waals surface area contributed by atoms with Gasteiger partial charge in [0.05, 0.1) is 12.8 Å². The molecule has 6 aromatic rings. The van der Waals surface area contributed by atoms with Crippen LogP contribution >= 0.6 is 0 Å². The Morgan fingerprint density at radius 3 is 1.92 bits per heavy atom. The molecular formula is C34H27NO. The van der Waals surface area contributed by atoms with E-state index in [1.165, 1.54) is 38.2 Å². The van der Waals surface area contributed by atoms with Crippen molar-refractivity contribution in [3.05, 3.63) is 133 Å². The van der Waals surface area contributed by atoms with E-state index >= 15 is 0 Å². The molecule has 0 saturated heterocycles. The molecule has 0 bridgehead atoms. The summed E-state index contributed by atoms with van der Waals surface area (Å²) in [4.78, 5) is 2.37. The Kier molecular flexibility index (Phi) is 5.63. The maximum Gasteiger partial charge on any atom is 0.119 e. The van der Waals surface area contributed by atoms with E-state index in [2.05, 4.69) is 127 Å². The highest BCUT2D eigenvalue weighted by Crippen LogP contribution is 2.46. The molecule has 6 rings (SSSR count). The lowest BCUT2D eigenvalue weighted by molar-refractivity contribution is 0.415. The summed E-state index contributed by atoms with van der Waals surface area (Å²) < 4.78 is 5.46. The van der Waals surface area contributed by atoms with Gasteiger partial charge in [-0.3, -0.25) is 0 Å². The molecule has 0 amide bonds. The van der Waals surface area contributed by atoms with Gasteiger partial charge >= 0.3 is 0 Å². The van der Waals surface area contributed by atoms with Gasteiger partial charge in [0.15, 0.2) is 0 Å². The molecule has 0 fully saturated rings. The molecule has 0 radical (unpaired) electrons. The summed E-state index contributed by atoms with van der Waals surface area (Å²) >= 11 is 0. The smallest absolute Gasteiger partial charge is 0.119 e. The van der Waals surface area contributed by atoms with Crippen molar-refractivity contribution in [1.29, 1.82) is 0 Å². The first kappa shape index (κ1) is 21.9. The largest absolute Gasteiger partial charge is 0.497 e. The van der Waals surface area contributed by atoms with Crippen molar-refractivity contribution in [2.75, 3.05) is 12.0 Å². The Morgan fingerprint density at radius 1 is 0.528 bits per heavy atom. The van der Waals surface area contributed by atoms with Gasteiger partial charge in [-0.25, -0.2) is 0 Å². The van der Waals surface area contributed by atoms with Crippen LogP contribution in [0.3, 0.4) is 0 Å². The van der Waals surface area contributed by atoms with Crippen LogP contribution < -0.4 is 9.64 Å². The van der Waals surface area contributed by atoms with Crippen molar-refractivity contribution in [2.24, 2.45) is 0 Å². The van der Waals surface area contributed by atoms with E-state index in [1.807, 2.05) is 12.1 Å². The van der Waals surface area contributed by atoms with Crippen LogP contribution in [0.2, 0.25) is 0 Å². The number of ether oxygens (including phenoxy) is 1. The van der Waals surface area contributed by atoms with Crippen molar-refractivity contribution >= 4 is 38.6 Å². The molecule has 0 saturated carbocycles. The highest BCUT2D eigenvalue weighted by atomic mass is 16.5. The van der Waals surface area contributed by atoms with Crippen LogP contribution in [0, 0.1) is 6.92 Å². The molecule has 6 aromatic carbocycles. The van der Waals surface area contributed by atoms with Gasteiger partial charge < -0.3 is 9.64 Å².